The summed E-state index contributed by atoms with van der Waals surface area (Å²) in [4.78, 5) is 28.4. The van der Waals surface area contributed by atoms with Gasteiger partial charge in [0.15, 0.2) is 0 Å². The van der Waals surface area contributed by atoms with E-state index in [0.717, 1.165) is 12.0 Å². The predicted molar refractivity (Wildman–Crippen MR) is 110 cm³/mol. The van der Waals surface area contributed by atoms with Gasteiger partial charge in [-0.1, -0.05) is 42.5 Å². The Balaban J connectivity index is 1.68. The van der Waals surface area contributed by atoms with Crippen LogP contribution in [0, 0.1) is 5.82 Å². The van der Waals surface area contributed by atoms with E-state index < -0.39 is 0 Å². The van der Waals surface area contributed by atoms with Crippen molar-refractivity contribution in [1.29, 1.82) is 0 Å². The molecular formula is C23H27FN2O4. The smallest absolute Gasteiger partial charge is 0.249 e. The highest BCUT2D eigenvalue weighted by molar-refractivity contribution is 5.86. The lowest BCUT2D eigenvalue weighted by molar-refractivity contribution is -0.141. The fraction of sp³-hybridized carbons (Fsp3) is 0.391. The number of nitrogens with zero attached hydrogens (tertiary/aromatic N) is 2. The van der Waals surface area contributed by atoms with Crippen LogP contribution in [0.1, 0.15) is 11.1 Å². The molecule has 1 saturated heterocycles. The summed E-state index contributed by atoms with van der Waals surface area (Å²) in [7, 11) is 1.45. The first-order chi connectivity index (χ1) is 14.5. The van der Waals surface area contributed by atoms with E-state index >= 15 is 0 Å². The van der Waals surface area contributed by atoms with Crippen LogP contribution in [0.4, 0.5) is 4.39 Å². The molecule has 1 aliphatic heterocycles. The maximum atomic E-state index is 13.5. The van der Waals surface area contributed by atoms with Gasteiger partial charge in [0.2, 0.25) is 11.8 Å². The summed E-state index contributed by atoms with van der Waals surface area (Å²) in [5.41, 5.74) is 1.84. The second-order valence-electron chi connectivity index (χ2n) is 7.35. The van der Waals surface area contributed by atoms with Gasteiger partial charge in [-0.25, -0.2) is 4.39 Å². The predicted octanol–water partition coefficient (Wildman–Crippen LogP) is 2.27. The summed E-state index contributed by atoms with van der Waals surface area (Å²) in [5, 5.41) is 0. The lowest BCUT2D eigenvalue weighted by atomic mass is 10.1. The molecule has 3 rings (SSSR count). The molecule has 2 amide bonds. The largest absolute Gasteiger partial charge is 0.375 e. The van der Waals surface area contributed by atoms with Crippen LogP contribution in [-0.2, 0) is 32.1 Å². The lowest BCUT2D eigenvalue weighted by Crippen LogP contribution is -2.41. The number of benzene rings is 2. The van der Waals surface area contributed by atoms with Gasteiger partial charge in [-0.3, -0.25) is 9.59 Å². The van der Waals surface area contributed by atoms with E-state index in [1.807, 2.05) is 30.3 Å². The van der Waals surface area contributed by atoms with E-state index in [4.69, 9.17) is 9.47 Å². The third-order valence-electron chi connectivity index (χ3n) is 5.04. The summed E-state index contributed by atoms with van der Waals surface area (Å²) in [6, 6.07) is 16.1. The molecule has 0 bridgehead atoms. The number of methoxy groups -OCH3 is 1. The second kappa shape index (κ2) is 10.8. The highest BCUT2D eigenvalue weighted by Gasteiger charge is 2.30. The standard InChI is InChI=1S/C23H27FN2O4/c1-29-17-23(28)26-14-21(30-16-19-8-5-9-20(24)12-19)13-25(22(27)15-26)11-10-18-6-3-2-4-7-18/h2-9,12,21H,10-11,13-17H2,1H3/t21-/m0/s1. The number of ether oxygens (including phenoxy) is 2. The molecule has 160 valence electrons. The Morgan fingerprint density at radius 1 is 1.10 bits per heavy atom. The van der Waals surface area contributed by atoms with Crippen LogP contribution in [0.25, 0.3) is 0 Å². The molecule has 30 heavy (non-hydrogen) atoms. The molecule has 0 N–H and O–H groups in total. The second-order valence-corrected chi connectivity index (χ2v) is 7.35. The molecule has 2 aromatic rings. The third-order valence-corrected chi connectivity index (χ3v) is 5.04. The molecule has 0 aromatic heterocycles. The summed E-state index contributed by atoms with van der Waals surface area (Å²) in [5.74, 6) is -0.698. The Hall–Kier alpha value is -2.77. The normalized spacial score (nSPS) is 17.1. The number of halogens is 1. The Bertz CT molecular complexity index is 846. The number of hydrogen-bond acceptors (Lipinski definition) is 4. The molecule has 6 nitrogen and oxygen atoms in total. The number of carbonyl (C=O) groups excluding carboxylic acids is 2. The molecule has 2 aromatic carbocycles. The highest BCUT2D eigenvalue weighted by atomic mass is 19.1. The molecule has 7 heteroatoms. The lowest BCUT2D eigenvalue weighted by Gasteiger charge is -2.25. The fourth-order valence-corrected chi connectivity index (χ4v) is 3.45. The topological polar surface area (TPSA) is 59.1 Å². The molecule has 1 aliphatic rings. The van der Waals surface area contributed by atoms with E-state index in [2.05, 4.69) is 0 Å². The van der Waals surface area contributed by atoms with Gasteiger partial charge in [0.25, 0.3) is 0 Å². The molecule has 1 heterocycles. The minimum Gasteiger partial charge on any atom is -0.375 e. The van der Waals surface area contributed by atoms with Crippen molar-refractivity contribution in [3.05, 3.63) is 71.5 Å². The van der Waals surface area contributed by atoms with Crippen molar-refractivity contribution in [2.24, 2.45) is 0 Å². The van der Waals surface area contributed by atoms with Gasteiger partial charge in [-0.05, 0) is 29.7 Å². The van der Waals surface area contributed by atoms with Gasteiger partial charge in [-0.15, -0.1) is 0 Å². The van der Waals surface area contributed by atoms with Crippen molar-refractivity contribution in [3.63, 3.8) is 0 Å². The SMILES string of the molecule is COCC(=O)N1CC(=O)N(CCc2ccccc2)C[C@H](OCc2cccc(F)c2)C1. The van der Waals surface area contributed by atoms with E-state index in [0.29, 0.717) is 18.7 Å². The molecular weight excluding hydrogens is 387 g/mol. The van der Waals surface area contributed by atoms with Crippen molar-refractivity contribution in [2.75, 3.05) is 39.9 Å². The van der Waals surface area contributed by atoms with Crippen LogP contribution in [0.15, 0.2) is 54.6 Å². The number of amides is 2. The fourth-order valence-electron chi connectivity index (χ4n) is 3.45. The van der Waals surface area contributed by atoms with Gasteiger partial charge in [0.1, 0.15) is 12.4 Å². The Kier molecular flexibility index (Phi) is 7.93. The third kappa shape index (κ3) is 6.37. The molecule has 1 atom stereocenters. The minimum atomic E-state index is -0.378. The van der Waals surface area contributed by atoms with E-state index in [1.165, 1.54) is 24.1 Å². The van der Waals surface area contributed by atoms with Crippen LogP contribution in [0.2, 0.25) is 0 Å². The zero-order valence-corrected chi connectivity index (χ0v) is 17.1. The van der Waals surface area contributed by atoms with Crippen LogP contribution < -0.4 is 0 Å². The van der Waals surface area contributed by atoms with Gasteiger partial charge in [0, 0.05) is 26.7 Å². The summed E-state index contributed by atoms with van der Waals surface area (Å²) >= 11 is 0. The van der Waals surface area contributed by atoms with Crippen LogP contribution in [0.3, 0.4) is 0 Å². The van der Waals surface area contributed by atoms with E-state index in [9.17, 15) is 14.0 Å². The summed E-state index contributed by atoms with van der Waals surface area (Å²) < 4.78 is 24.4. The molecule has 0 saturated carbocycles. The first kappa shape index (κ1) is 21.9. The van der Waals surface area contributed by atoms with Crippen molar-refractivity contribution in [2.45, 2.75) is 19.1 Å². The van der Waals surface area contributed by atoms with Crippen LogP contribution in [-0.4, -0.2) is 67.6 Å². The zero-order chi connectivity index (χ0) is 21.3. The number of hydrogen-bond donors (Lipinski definition) is 0. The van der Waals surface area contributed by atoms with Gasteiger partial charge < -0.3 is 19.3 Å². The van der Waals surface area contributed by atoms with Crippen LogP contribution >= 0.6 is 0 Å². The Morgan fingerprint density at radius 2 is 1.87 bits per heavy atom. The molecule has 1 fully saturated rings. The minimum absolute atomic E-state index is 0.00317. The molecule has 0 unspecified atom stereocenters. The average Bonchev–Trinajstić information content (AvgIpc) is 2.90. The van der Waals surface area contributed by atoms with Crippen molar-refractivity contribution in [1.82, 2.24) is 9.80 Å². The van der Waals surface area contributed by atoms with Gasteiger partial charge in [-0.2, -0.15) is 0 Å². The Morgan fingerprint density at radius 3 is 2.60 bits per heavy atom. The summed E-state index contributed by atoms with van der Waals surface area (Å²) in [6.45, 7) is 1.30. The Labute approximate surface area is 176 Å². The monoisotopic (exact) mass is 414 g/mol. The van der Waals surface area contributed by atoms with Crippen molar-refractivity contribution >= 4 is 11.8 Å². The maximum Gasteiger partial charge on any atom is 0.249 e. The number of carbonyl (C=O) groups is 2. The first-order valence-corrected chi connectivity index (χ1v) is 9.99. The zero-order valence-electron chi connectivity index (χ0n) is 17.1. The van der Waals surface area contributed by atoms with Gasteiger partial charge >= 0.3 is 0 Å². The summed E-state index contributed by atoms with van der Waals surface area (Å²) in [6.07, 6.45) is 0.339. The van der Waals surface area contributed by atoms with Crippen LogP contribution in [0.5, 0.6) is 0 Å². The van der Waals surface area contributed by atoms with Gasteiger partial charge in [0.05, 0.1) is 19.3 Å². The molecule has 0 aliphatic carbocycles. The maximum absolute atomic E-state index is 13.5. The van der Waals surface area contributed by atoms with Crippen molar-refractivity contribution < 1.29 is 23.5 Å². The molecule has 0 radical (unpaired) electrons. The number of rotatable bonds is 8. The average molecular weight is 414 g/mol. The van der Waals surface area contributed by atoms with E-state index in [1.54, 1.807) is 17.0 Å². The highest BCUT2D eigenvalue weighted by Crippen LogP contribution is 2.13. The quantitative estimate of drug-likeness (QED) is 0.665. The first-order valence-electron chi connectivity index (χ1n) is 9.99. The van der Waals surface area contributed by atoms with E-state index in [-0.39, 0.29) is 50.0 Å². The van der Waals surface area contributed by atoms with Crippen molar-refractivity contribution in [3.8, 4) is 0 Å². The molecule has 0 spiro atoms.